The molecule has 6 aromatic rings. The lowest BCUT2D eigenvalue weighted by Gasteiger charge is -2.19. The van der Waals surface area contributed by atoms with Gasteiger partial charge in [0, 0.05) is 42.2 Å². The molecule has 1 amide bonds. The van der Waals surface area contributed by atoms with Crippen LogP contribution in [0.25, 0.3) is 27.8 Å². The Balaban J connectivity index is 1.44. The van der Waals surface area contributed by atoms with E-state index in [4.69, 9.17) is 10.7 Å². The van der Waals surface area contributed by atoms with Gasteiger partial charge in [0.2, 0.25) is 0 Å². The van der Waals surface area contributed by atoms with Crippen molar-refractivity contribution < 1.29 is 9.18 Å². The molecule has 0 aliphatic rings. The monoisotopic (exact) mass is 530 g/mol. The second-order valence-corrected chi connectivity index (χ2v) is 9.31. The first-order valence-corrected chi connectivity index (χ1v) is 12.5. The zero-order valence-electron chi connectivity index (χ0n) is 21.6. The normalized spacial score (nSPS) is 11.8. The van der Waals surface area contributed by atoms with Crippen molar-refractivity contribution >= 4 is 28.3 Å². The molecule has 0 radical (unpaired) electrons. The maximum Gasteiger partial charge on any atom is 0.259 e. The second kappa shape index (κ2) is 9.96. The van der Waals surface area contributed by atoms with Crippen molar-refractivity contribution in [2.45, 2.75) is 13.0 Å². The summed E-state index contributed by atoms with van der Waals surface area (Å²) in [5.74, 6) is 5.64. The number of nitrogens with two attached hydrogens (primary N) is 1. The molecule has 1 atom stereocenters. The van der Waals surface area contributed by atoms with Crippen LogP contribution >= 0.6 is 0 Å². The molecule has 10 heteroatoms. The summed E-state index contributed by atoms with van der Waals surface area (Å²) in [6.07, 6.45) is 6.79. The van der Waals surface area contributed by atoms with Crippen molar-refractivity contribution in [3.05, 3.63) is 107 Å². The lowest BCUT2D eigenvalue weighted by atomic mass is 9.97. The fraction of sp³-hybridized carbons (Fsp3) is 0.100. The average molecular weight is 531 g/mol. The molecule has 0 bridgehead atoms. The molecule has 0 saturated carbocycles. The largest absolute Gasteiger partial charge is 0.381 e. The first-order chi connectivity index (χ1) is 19.4. The topological polar surface area (TPSA) is 116 Å². The van der Waals surface area contributed by atoms with Crippen LogP contribution in [0.4, 0.5) is 10.2 Å². The van der Waals surface area contributed by atoms with Gasteiger partial charge < -0.3 is 11.1 Å². The average Bonchev–Trinajstić information content (AvgIpc) is 3.52. The van der Waals surface area contributed by atoms with Crippen molar-refractivity contribution in [2.24, 2.45) is 7.05 Å². The number of hydrogen-bond donors (Lipinski definition) is 2. The molecule has 3 N–H and O–H groups in total. The molecule has 9 nitrogen and oxygen atoms in total. The Morgan fingerprint density at radius 1 is 1.12 bits per heavy atom. The van der Waals surface area contributed by atoms with E-state index < -0.39 is 11.9 Å². The van der Waals surface area contributed by atoms with Crippen LogP contribution in [0, 0.1) is 17.7 Å². The number of carbonyl (C=O) groups excluding carboxylic acids is 1. The van der Waals surface area contributed by atoms with Crippen LogP contribution in [0.15, 0.2) is 79.4 Å². The zero-order chi connectivity index (χ0) is 27.8. The number of anilines is 1. The number of nitrogen functional groups attached to an aromatic ring is 1. The number of aromatic nitrogens is 6. The smallest absolute Gasteiger partial charge is 0.259 e. The minimum atomic E-state index is -0.493. The molecule has 2 aromatic carbocycles. The van der Waals surface area contributed by atoms with Crippen molar-refractivity contribution in [1.29, 1.82) is 0 Å². The summed E-state index contributed by atoms with van der Waals surface area (Å²) in [5.41, 5.74) is 10.9. The van der Waals surface area contributed by atoms with Gasteiger partial charge in [0.15, 0.2) is 11.5 Å². The molecule has 0 saturated heterocycles. The molecule has 4 aromatic heterocycles. The van der Waals surface area contributed by atoms with E-state index in [2.05, 4.69) is 32.3 Å². The van der Waals surface area contributed by atoms with Gasteiger partial charge >= 0.3 is 0 Å². The number of nitrogens with zero attached hydrogens (tertiary/aromatic N) is 6. The van der Waals surface area contributed by atoms with Crippen molar-refractivity contribution in [3.63, 3.8) is 0 Å². The minimum Gasteiger partial charge on any atom is -0.381 e. The first-order valence-electron chi connectivity index (χ1n) is 12.5. The van der Waals surface area contributed by atoms with Crippen LogP contribution in [-0.2, 0) is 7.05 Å². The van der Waals surface area contributed by atoms with Crippen LogP contribution in [-0.4, -0.2) is 35.3 Å². The van der Waals surface area contributed by atoms with Gasteiger partial charge in [-0.3, -0.25) is 9.48 Å². The quantitative estimate of drug-likeness (QED) is 0.329. The predicted octanol–water partition coefficient (Wildman–Crippen LogP) is 4.29. The van der Waals surface area contributed by atoms with Gasteiger partial charge in [-0.25, -0.2) is 18.9 Å². The summed E-state index contributed by atoms with van der Waals surface area (Å²) in [4.78, 5) is 22.6. The fourth-order valence-electron chi connectivity index (χ4n) is 4.58. The van der Waals surface area contributed by atoms with E-state index in [0.717, 1.165) is 22.1 Å². The van der Waals surface area contributed by atoms with E-state index in [1.165, 1.54) is 16.6 Å². The minimum absolute atomic E-state index is 0.0793. The van der Waals surface area contributed by atoms with E-state index >= 15 is 0 Å². The Hall–Kier alpha value is -5.56. The highest BCUT2D eigenvalue weighted by Crippen LogP contribution is 2.32. The molecular formula is C30H23FN8O. The predicted molar refractivity (Wildman–Crippen MR) is 150 cm³/mol. The molecule has 0 aliphatic heterocycles. The lowest BCUT2D eigenvalue weighted by Crippen LogP contribution is -2.28. The number of halogens is 1. The molecule has 40 heavy (non-hydrogen) atoms. The SMILES string of the molecule is CC(NC(=O)c1c(N)nn2cccnc12)c1cc2cccc(C#Cc3cnn(C)c3)c2nc1-c1ccc(F)cc1. The van der Waals surface area contributed by atoms with Crippen molar-refractivity contribution in [3.8, 4) is 23.1 Å². The third-order valence-corrected chi connectivity index (χ3v) is 6.50. The third-order valence-electron chi connectivity index (χ3n) is 6.50. The van der Waals surface area contributed by atoms with Gasteiger partial charge in [0.1, 0.15) is 11.4 Å². The summed E-state index contributed by atoms with van der Waals surface area (Å²) in [6.45, 7) is 1.86. The van der Waals surface area contributed by atoms with Crippen molar-refractivity contribution in [1.82, 2.24) is 34.7 Å². The van der Waals surface area contributed by atoms with Gasteiger partial charge in [-0.15, -0.1) is 5.10 Å². The van der Waals surface area contributed by atoms with E-state index in [9.17, 15) is 9.18 Å². The summed E-state index contributed by atoms with van der Waals surface area (Å²) in [5, 5.41) is 12.2. The zero-order valence-corrected chi connectivity index (χ0v) is 21.6. The second-order valence-electron chi connectivity index (χ2n) is 9.31. The molecule has 0 aliphatic carbocycles. The number of carbonyl (C=O) groups is 1. The van der Waals surface area contributed by atoms with Crippen LogP contribution in [0.1, 0.15) is 40.0 Å². The Bertz CT molecular complexity index is 1960. The Morgan fingerprint density at radius 3 is 2.73 bits per heavy atom. The number of rotatable bonds is 4. The highest BCUT2D eigenvalue weighted by Gasteiger charge is 2.23. The molecule has 4 heterocycles. The third kappa shape index (κ3) is 4.61. The van der Waals surface area contributed by atoms with E-state index in [1.54, 1.807) is 41.5 Å². The summed E-state index contributed by atoms with van der Waals surface area (Å²) < 4.78 is 17.0. The lowest BCUT2D eigenvalue weighted by molar-refractivity contribution is 0.0942. The number of amides is 1. The summed E-state index contributed by atoms with van der Waals surface area (Å²) in [7, 11) is 1.83. The van der Waals surface area contributed by atoms with Gasteiger partial charge in [-0.1, -0.05) is 24.0 Å². The van der Waals surface area contributed by atoms with Gasteiger partial charge in [-0.05, 0) is 49.4 Å². The summed E-state index contributed by atoms with van der Waals surface area (Å²) in [6, 6.07) is 15.0. The standard InChI is InChI=1S/C30H23FN8O/c1-18(35-30(40)25-28(32)37-39-14-4-13-33-29(25)39)24-15-22-6-3-5-20(8-7-19-16-34-38(2)17-19)26(22)36-27(24)21-9-11-23(31)12-10-21/h3-6,9-18H,1-2H3,(H2,32,37)(H,35,40). The molecule has 196 valence electrons. The highest BCUT2D eigenvalue weighted by molar-refractivity contribution is 6.04. The fourth-order valence-corrected chi connectivity index (χ4v) is 4.58. The van der Waals surface area contributed by atoms with E-state index in [-0.39, 0.29) is 17.2 Å². The maximum absolute atomic E-state index is 13.8. The van der Waals surface area contributed by atoms with Crippen LogP contribution < -0.4 is 11.1 Å². The highest BCUT2D eigenvalue weighted by atomic mass is 19.1. The number of aryl methyl sites for hydroxylation is 1. The van der Waals surface area contributed by atoms with Crippen LogP contribution in [0.3, 0.4) is 0 Å². The summed E-state index contributed by atoms with van der Waals surface area (Å²) >= 11 is 0. The Labute approximate surface area is 228 Å². The van der Waals surface area contributed by atoms with Crippen LogP contribution in [0.2, 0.25) is 0 Å². The number of hydrogen-bond acceptors (Lipinski definition) is 6. The van der Waals surface area contributed by atoms with Gasteiger partial charge in [0.25, 0.3) is 5.91 Å². The molecule has 0 fully saturated rings. The Morgan fingerprint density at radius 2 is 1.95 bits per heavy atom. The molecule has 0 spiro atoms. The molecule has 1 unspecified atom stereocenters. The maximum atomic E-state index is 13.8. The van der Waals surface area contributed by atoms with E-state index in [1.807, 2.05) is 44.4 Å². The van der Waals surface area contributed by atoms with Crippen LogP contribution in [0.5, 0.6) is 0 Å². The number of benzene rings is 2. The number of para-hydroxylation sites is 1. The molecule has 6 rings (SSSR count). The molecular weight excluding hydrogens is 507 g/mol. The van der Waals surface area contributed by atoms with Gasteiger partial charge in [-0.2, -0.15) is 5.10 Å². The van der Waals surface area contributed by atoms with Gasteiger partial charge in [0.05, 0.1) is 34.6 Å². The number of pyridine rings is 1. The number of nitrogens with one attached hydrogen (secondary N) is 1. The Kier molecular flexibility index (Phi) is 6.16. The first kappa shape index (κ1) is 24.8. The van der Waals surface area contributed by atoms with Crippen molar-refractivity contribution in [2.75, 3.05) is 5.73 Å². The van der Waals surface area contributed by atoms with E-state index in [0.29, 0.717) is 22.4 Å². The number of fused-ring (bicyclic) bond motifs is 2.